The Bertz CT molecular complexity index is 845. The van der Waals surface area contributed by atoms with Crippen LogP contribution in [-0.4, -0.2) is 16.4 Å². The van der Waals surface area contributed by atoms with Gasteiger partial charge >= 0.3 is 0 Å². The lowest BCUT2D eigenvalue weighted by atomic mass is 9.88. The van der Waals surface area contributed by atoms with E-state index in [2.05, 4.69) is 5.32 Å². The molecule has 0 radical (unpaired) electrons. The highest BCUT2D eigenvalue weighted by Crippen LogP contribution is 2.40. The van der Waals surface area contributed by atoms with Crippen molar-refractivity contribution in [2.24, 2.45) is 0 Å². The third kappa shape index (κ3) is 3.63. The molecule has 1 unspecified atom stereocenters. The molecule has 0 spiro atoms. The van der Waals surface area contributed by atoms with E-state index in [1.807, 2.05) is 39.0 Å². The van der Waals surface area contributed by atoms with Gasteiger partial charge in [0.2, 0.25) is 0 Å². The molecule has 0 bridgehead atoms. The Morgan fingerprint density at radius 3 is 2.76 bits per heavy atom. The molecule has 1 N–H and O–H groups in total. The minimum atomic E-state index is -0.507. The summed E-state index contributed by atoms with van der Waals surface area (Å²) in [5.74, 6) is 0.421. The second kappa shape index (κ2) is 6.20. The van der Waals surface area contributed by atoms with E-state index in [0.29, 0.717) is 6.42 Å². The van der Waals surface area contributed by atoms with Gasteiger partial charge in [0.1, 0.15) is 11.4 Å². The minimum absolute atomic E-state index is 0.101. The molecular formula is C19H20N2O4. The molecule has 6 nitrogen and oxygen atoms in total. The molecule has 0 fully saturated rings. The lowest BCUT2D eigenvalue weighted by Crippen LogP contribution is -2.41. The predicted octanol–water partition coefficient (Wildman–Crippen LogP) is 3.94. The molecule has 130 valence electrons. The molecule has 1 amide bonds. The molecule has 0 saturated carbocycles. The zero-order valence-electron chi connectivity index (χ0n) is 14.4. The number of amides is 1. The number of benzene rings is 2. The topological polar surface area (TPSA) is 81.5 Å². The van der Waals surface area contributed by atoms with E-state index in [9.17, 15) is 14.9 Å². The lowest BCUT2D eigenvalue weighted by Gasteiger charge is -2.38. The Morgan fingerprint density at radius 2 is 2.04 bits per heavy atom. The van der Waals surface area contributed by atoms with Crippen LogP contribution in [0, 0.1) is 17.0 Å². The summed E-state index contributed by atoms with van der Waals surface area (Å²) in [7, 11) is 0. The van der Waals surface area contributed by atoms with Crippen LogP contribution in [0.4, 0.5) is 5.69 Å². The van der Waals surface area contributed by atoms with Crippen LogP contribution in [0.25, 0.3) is 0 Å². The van der Waals surface area contributed by atoms with Gasteiger partial charge in [0.05, 0.1) is 11.0 Å². The van der Waals surface area contributed by atoms with E-state index in [1.54, 1.807) is 6.07 Å². The summed E-state index contributed by atoms with van der Waals surface area (Å²) in [6, 6.07) is 11.4. The second-order valence-corrected chi connectivity index (χ2v) is 6.94. The Morgan fingerprint density at radius 1 is 1.28 bits per heavy atom. The number of carbonyl (C=O) groups is 1. The van der Waals surface area contributed by atoms with Crippen LogP contribution in [0.15, 0.2) is 42.5 Å². The molecule has 6 heteroatoms. The van der Waals surface area contributed by atoms with E-state index in [1.165, 1.54) is 18.2 Å². The van der Waals surface area contributed by atoms with Crippen molar-refractivity contribution >= 4 is 11.6 Å². The number of hydrogen-bond donors (Lipinski definition) is 1. The van der Waals surface area contributed by atoms with Gasteiger partial charge in [-0.3, -0.25) is 14.9 Å². The van der Waals surface area contributed by atoms with Crippen LogP contribution in [0.5, 0.6) is 5.75 Å². The van der Waals surface area contributed by atoms with Gasteiger partial charge < -0.3 is 10.1 Å². The van der Waals surface area contributed by atoms with E-state index >= 15 is 0 Å². The van der Waals surface area contributed by atoms with Crippen LogP contribution in [0.2, 0.25) is 0 Å². The zero-order valence-corrected chi connectivity index (χ0v) is 14.4. The Balaban J connectivity index is 1.89. The molecule has 0 saturated heterocycles. The summed E-state index contributed by atoms with van der Waals surface area (Å²) in [5.41, 5.74) is 1.77. The Labute approximate surface area is 146 Å². The fourth-order valence-electron chi connectivity index (χ4n) is 3.11. The first-order chi connectivity index (χ1) is 11.7. The number of carbonyl (C=O) groups excluding carboxylic acids is 1. The number of nitrogens with one attached hydrogen (secondary N) is 1. The number of rotatable bonds is 3. The molecule has 0 aromatic heterocycles. The summed E-state index contributed by atoms with van der Waals surface area (Å²) in [4.78, 5) is 23.0. The van der Waals surface area contributed by atoms with Crippen molar-refractivity contribution in [2.75, 3.05) is 0 Å². The molecule has 0 aliphatic carbocycles. The van der Waals surface area contributed by atoms with Crippen molar-refractivity contribution in [1.29, 1.82) is 0 Å². The normalized spacial score (nSPS) is 18.0. The SMILES string of the molecule is Cc1ccc2c(c1)C(NC(=O)c1cccc([N+](=O)[O-])c1)CC(C)(C)O2. The molecule has 2 aromatic carbocycles. The molecular weight excluding hydrogens is 320 g/mol. The van der Waals surface area contributed by atoms with Gasteiger partial charge in [-0.1, -0.05) is 23.8 Å². The Hall–Kier alpha value is -2.89. The van der Waals surface area contributed by atoms with Gasteiger partial charge in [-0.05, 0) is 32.9 Å². The van der Waals surface area contributed by atoms with E-state index in [4.69, 9.17) is 4.74 Å². The monoisotopic (exact) mass is 340 g/mol. The van der Waals surface area contributed by atoms with Gasteiger partial charge in [0.25, 0.3) is 11.6 Å². The van der Waals surface area contributed by atoms with Gasteiger partial charge in [0, 0.05) is 29.7 Å². The van der Waals surface area contributed by atoms with Crippen LogP contribution in [0.1, 0.15) is 47.8 Å². The maximum atomic E-state index is 12.6. The number of nitrogens with zero attached hydrogens (tertiary/aromatic N) is 1. The van der Waals surface area contributed by atoms with E-state index < -0.39 is 10.5 Å². The fourth-order valence-corrected chi connectivity index (χ4v) is 3.11. The first kappa shape index (κ1) is 17.0. The van der Waals surface area contributed by atoms with Crippen LogP contribution in [0.3, 0.4) is 0 Å². The van der Waals surface area contributed by atoms with E-state index in [-0.39, 0.29) is 23.2 Å². The highest BCUT2D eigenvalue weighted by atomic mass is 16.6. The lowest BCUT2D eigenvalue weighted by molar-refractivity contribution is -0.384. The summed E-state index contributed by atoms with van der Waals surface area (Å²) < 4.78 is 6.00. The van der Waals surface area contributed by atoms with Crippen molar-refractivity contribution in [3.05, 3.63) is 69.3 Å². The van der Waals surface area contributed by atoms with Crippen molar-refractivity contribution in [3.8, 4) is 5.75 Å². The number of ether oxygens (including phenoxy) is 1. The van der Waals surface area contributed by atoms with E-state index in [0.717, 1.165) is 16.9 Å². The molecule has 25 heavy (non-hydrogen) atoms. The Kier molecular flexibility index (Phi) is 4.20. The molecule has 1 aliphatic rings. The summed E-state index contributed by atoms with van der Waals surface area (Å²) in [5, 5.41) is 13.9. The quantitative estimate of drug-likeness (QED) is 0.678. The largest absolute Gasteiger partial charge is 0.487 e. The summed E-state index contributed by atoms with van der Waals surface area (Å²) in [6.07, 6.45) is 0.615. The van der Waals surface area contributed by atoms with Crippen molar-refractivity contribution < 1.29 is 14.5 Å². The third-order valence-electron chi connectivity index (χ3n) is 4.25. The molecule has 1 heterocycles. The maximum absolute atomic E-state index is 12.6. The number of hydrogen-bond acceptors (Lipinski definition) is 4. The van der Waals surface area contributed by atoms with Gasteiger partial charge in [-0.25, -0.2) is 0 Å². The molecule has 1 aliphatic heterocycles. The van der Waals surface area contributed by atoms with Crippen molar-refractivity contribution in [2.45, 2.75) is 38.8 Å². The molecule has 2 aromatic rings. The molecule has 3 rings (SSSR count). The van der Waals surface area contributed by atoms with Gasteiger partial charge in [0.15, 0.2) is 0 Å². The van der Waals surface area contributed by atoms with Crippen LogP contribution < -0.4 is 10.1 Å². The molecule has 1 atom stereocenters. The highest BCUT2D eigenvalue weighted by molar-refractivity contribution is 5.95. The number of aryl methyl sites for hydroxylation is 1. The summed E-state index contributed by atoms with van der Waals surface area (Å²) in [6.45, 7) is 5.93. The highest BCUT2D eigenvalue weighted by Gasteiger charge is 2.34. The predicted molar refractivity (Wildman–Crippen MR) is 93.8 cm³/mol. The van der Waals surface area contributed by atoms with Crippen LogP contribution in [-0.2, 0) is 0 Å². The van der Waals surface area contributed by atoms with Crippen LogP contribution >= 0.6 is 0 Å². The number of nitro groups is 1. The zero-order chi connectivity index (χ0) is 18.2. The minimum Gasteiger partial charge on any atom is -0.487 e. The summed E-state index contributed by atoms with van der Waals surface area (Å²) >= 11 is 0. The maximum Gasteiger partial charge on any atom is 0.270 e. The number of nitro benzene ring substituents is 1. The number of non-ortho nitro benzene ring substituents is 1. The second-order valence-electron chi connectivity index (χ2n) is 6.94. The fraction of sp³-hybridized carbons (Fsp3) is 0.316. The number of fused-ring (bicyclic) bond motifs is 1. The average molecular weight is 340 g/mol. The third-order valence-corrected chi connectivity index (χ3v) is 4.25. The average Bonchev–Trinajstić information content (AvgIpc) is 2.55. The first-order valence-electron chi connectivity index (χ1n) is 8.10. The first-order valence-corrected chi connectivity index (χ1v) is 8.10. The van der Waals surface area contributed by atoms with Gasteiger partial charge in [-0.2, -0.15) is 0 Å². The van der Waals surface area contributed by atoms with Crippen molar-refractivity contribution in [1.82, 2.24) is 5.32 Å². The van der Waals surface area contributed by atoms with Gasteiger partial charge in [-0.15, -0.1) is 0 Å². The van der Waals surface area contributed by atoms with Crippen molar-refractivity contribution in [3.63, 3.8) is 0 Å². The smallest absolute Gasteiger partial charge is 0.270 e. The standard InChI is InChI=1S/C19H20N2O4/c1-12-7-8-17-15(9-12)16(11-19(2,3)25-17)20-18(22)13-5-4-6-14(10-13)21(23)24/h4-10,16H,11H2,1-3H3,(H,20,22).